The Balaban J connectivity index is 1.77. The molecule has 0 bridgehead atoms. The van der Waals surface area contributed by atoms with Crippen molar-refractivity contribution >= 4 is 22.7 Å². The highest BCUT2D eigenvalue weighted by molar-refractivity contribution is 6.16. The summed E-state index contributed by atoms with van der Waals surface area (Å²) in [5.74, 6) is -0.148. The molecule has 0 radical (unpaired) electrons. The van der Waals surface area contributed by atoms with Gasteiger partial charge in [0.2, 0.25) is 5.78 Å². The summed E-state index contributed by atoms with van der Waals surface area (Å²) < 4.78 is 17.0. The number of fused-ring (bicyclic) bond motifs is 1. The quantitative estimate of drug-likeness (QED) is 0.424. The fraction of sp³-hybridized carbons (Fsp3) is 0.333. The average Bonchev–Trinajstić information content (AvgIpc) is 3.38. The summed E-state index contributed by atoms with van der Waals surface area (Å²) >= 11 is 0. The van der Waals surface area contributed by atoms with Gasteiger partial charge in [0.25, 0.3) is 5.91 Å². The maximum Gasteiger partial charge on any atom is 0.290 e. The SMILES string of the molecule is CCCN1C(=O)C(O)=C(C(=O)c2cc3cccc(OC)c3o2)C1c1cccc(OCC(C)C)c1. The van der Waals surface area contributed by atoms with Gasteiger partial charge in [0.1, 0.15) is 5.75 Å². The van der Waals surface area contributed by atoms with Crippen molar-refractivity contribution in [1.82, 2.24) is 4.90 Å². The number of nitrogens with zero attached hydrogens (tertiary/aromatic N) is 1. The van der Waals surface area contributed by atoms with E-state index in [2.05, 4.69) is 13.8 Å². The molecule has 1 aromatic heterocycles. The number of rotatable bonds is 9. The maximum atomic E-state index is 13.6. The molecule has 7 heteroatoms. The minimum absolute atomic E-state index is 0.00233. The number of benzene rings is 2. The average molecular weight is 464 g/mol. The van der Waals surface area contributed by atoms with Gasteiger partial charge in [-0.3, -0.25) is 9.59 Å². The van der Waals surface area contributed by atoms with E-state index in [0.29, 0.717) is 53.5 Å². The molecule has 4 rings (SSSR count). The van der Waals surface area contributed by atoms with E-state index in [-0.39, 0.29) is 11.3 Å². The van der Waals surface area contributed by atoms with Crippen molar-refractivity contribution in [2.75, 3.05) is 20.3 Å². The van der Waals surface area contributed by atoms with Gasteiger partial charge in [-0.25, -0.2) is 0 Å². The fourth-order valence-electron chi connectivity index (χ4n) is 4.18. The van der Waals surface area contributed by atoms with Gasteiger partial charge in [-0.15, -0.1) is 0 Å². The fourth-order valence-corrected chi connectivity index (χ4v) is 4.18. The summed E-state index contributed by atoms with van der Waals surface area (Å²) in [6, 6.07) is 13.5. The molecule has 0 spiro atoms. The first-order valence-electron chi connectivity index (χ1n) is 11.4. The molecule has 1 unspecified atom stereocenters. The van der Waals surface area contributed by atoms with Crippen molar-refractivity contribution in [2.24, 2.45) is 5.92 Å². The van der Waals surface area contributed by atoms with Crippen LogP contribution in [0, 0.1) is 5.92 Å². The van der Waals surface area contributed by atoms with Gasteiger partial charge in [-0.2, -0.15) is 0 Å². The van der Waals surface area contributed by atoms with Crippen LogP contribution in [0.3, 0.4) is 0 Å². The number of carbonyl (C=O) groups is 2. The number of amides is 1. The highest BCUT2D eigenvalue weighted by Gasteiger charge is 2.44. The number of Topliss-reactive ketones (excluding diaryl/α,β-unsaturated/α-hetero) is 1. The molecule has 178 valence electrons. The van der Waals surface area contributed by atoms with Crippen LogP contribution >= 0.6 is 0 Å². The zero-order valence-electron chi connectivity index (χ0n) is 19.8. The highest BCUT2D eigenvalue weighted by Crippen LogP contribution is 2.41. The van der Waals surface area contributed by atoms with Crippen molar-refractivity contribution in [1.29, 1.82) is 0 Å². The lowest BCUT2D eigenvalue weighted by Gasteiger charge is -2.26. The third-order valence-electron chi connectivity index (χ3n) is 5.72. The van der Waals surface area contributed by atoms with Crippen LogP contribution in [0.25, 0.3) is 11.0 Å². The molecule has 0 saturated heterocycles. The van der Waals surface area contributed by atoms with Crippen molar-refractivity contribution in [3.8, 4) is 11.5 Å². The third kappa shape index (κ3) is 4.25. The van der Waals surface area contributed by atoms with Crippen LogP contribution in [-0.2, 0) is 4.79 Å². The lowest BCUT2D eigenvalue weighted by atomic mass is 9.94. The summed E-state index contributed by atoms with van der Waals surface area (Å²) in [4.78, 5) is 28.1. The summed E-state index contributed by atoms with van der Waals surface area (Å²) in [5, 5.41) is 11.5. The first-order valence-corrected chi connectivity index (χ1v) is 11.4. The first-order chi connectivity index (χ1) is 16.3. The molecule has 2 aromatic carbocycles. The summed E-state index contributed by atoms with van der Waals surface area (Å²) in [7, 11) is 1.52. The number of hydrogen-bond donors (Lipinski definition) is 1. The summed E-state index contributed by atoms with van der Waals surface area (Å²) in [6.07, 6.45) is 0.669. The Morgan fingerprint density at radius 3 is 2.65 bits per heavy atom. The second-order valence-electron chi connectivity index (χ2n) is 8.76. The molecule has 1 aliphatic rings. The van der Waals surface area contributed by atoms with Crippen LogP contribution in [-0.4, -0.2) is 42.0 Å². The molecule has 0 aliphatic carbocycles. The number of ketones is 1. The Bertz CT molecular complexity index is 1250. The molecular weight excluding hydrogens is 434 g/mol. The largest absolute Gasteiger partial charge is 0.503 e. The zero-order valence-corrected chi connectivity index (χ0v) is 19.8. The van der Waals surface area contributed by atoms with E-state index in [1.54, 1.807) is 18.2 Å². The van der Waals surface area contributed by atoms with Crippen molar-refractivity contribution in [3.63, 3.8) is 0 Å². The second-order valence-corrected chi connectivity index (χ2v) is 8.76. The van der Waals surface area contributed by atoms with E-state index in [1.165, 1.54) is 12.0 Å². The van der Waals surface area contributed by atoms with Gasteiger partial charge >= 0.3 is 0 Å². The number of hydrogen-bond acceptors (Lipinski definition) is 6. The minimum atomic E-state index is -0.752. The van der Waals surface area contributed by atoms with Crippen LogP contribution in [0.5, 0.6) is 11.5 Å². The Morgan fingerprint density at radius 1 is 1.18 bits per heavy atom. The Labute approximate surface area is 198 Å². The van der Waals surface area contributed by atoms with Crippen LogP contribution in [0.2, 0.25) is 0 Å². The molecule has 1 amide bonds. The Morgan fingerprint density at radius 2 is 1.94 bits per heavy atom. The molecular formula is C27H29NO6. The topological polar surface area (TPSA) is 89.2 Å². The van der Waals surface area contributed by atoms with E-state index in [4.69, 9.17) is 13.9 Å². The van der Waals surface area contributed by atoms with Gasteiger partial charge in [0.15, 0.2) is 22.9 Å². The number of furan rings is 1. The molecule has 34 heavy (non-hydrogen) atoms. The van der Waals surface area contributed by atoms with Crippen LogP contribution < -0.4 is 9.47 Å². The van der Waals surface area contributed by atoms with Gasteiger partial charge in [-0.05, 0) is 42.2 Å². The van der Waals surface area contributed by atoms with Gasteiger partial charge in [-0.1, -0.05) is 45.0 Å². The summed E-state index contributed by atoms with van der Waals surface area (Å²) in [6.45, 7) is 6.98. The van der Waals surface area contributed by atoms with Crippen LogP contribution in [0.15, 0.2) is 64.3 Å². The maximum absolute atomic E-state index is 13.6. The molecule has 1 atom stereocenters. The van der Waals surface area contributed by atoms with Crippen molar-refractivity contribution in [3.05, 3.63) is 71.2 Å². The van der Waals surface area contributed by atoms with E-state index < -0.39 is 23.5 Å². The standard InChI is InChI=1S/C27H29NO6/c1-5-12-28-23(17-8-6-10-19(13-17)33-15-16(2)3)22(25(30)27(28)31)24(29)21-14-18-9-7-11-20(32-4)26(18)34-21/h6-11,13-14,16,23,30H,5,12,15H2,1-4H3. The number of ether oxygens (including phenoxy) is 2. The van der Waals surface area contributed by atoms with Gasteiger partial charge in [0, 0.05) is 11.9 Å². The molecule has 1 aliphatic heterocycles. The predicted octanol–water partition coefficient (Wildman–Crippen LogP) is 5.46. The van der Waals surface area contributed by atoms with Crippen molar-refractivity contribution < 1.29 is 28.6 Å². The molecule has 2 heterocycles. The summed E-state index contributed by atoms with van der Waals surface area (Å²) in [5.41, 5.74) is 1.12. The molecule has 1 N–H and O–H groups in total. The third-order valence-corrected chi connectivity index (χ3v) is 5.72. The number of aliphatic hydroxyl groups is 1. The molecule has 3 aromatic rings. The minimum Gasteiger partial charge on any atom is -0.503 e. The zero-order chi connectivity index (χ0) is 24.4. The van der Waals surface area contributed by atoms with Crippen LogP contribution in [0.4, 0.5) is 0 Å². The number of methoxy groups -OCH3 is 1. The number of para-hydroxylation sites is 1. The normalized spacial score (nSPS) is 16.1. The Kier molecular flexibility index (Phi) is 6.63. The molecule has 7 nitrogen and oxygen atoms in total. The predicted molar refractivity (Wildman–Crippen MR) is 128 cm³/mol. The number of aliphatic hydroxyl groups excluding tert-OH is 1. The smallest absolute Gasteiger partial charge is 0.290 e. The lowest BCUT2D eigenvalue weighted by molar-refractivity contribution is -0.129. The Hall–Kier alpha value is -3.74. The molecule has 0 fully saturated rings. The molecule has 0 saturated carbocycles. The number of carbonyl (C=O) groups excluding carboxylic acids is 2. The van der Waals surface area contributed by atoms with E-state index >= 15 is 0 Å². The van der Waals surface area contributed by atoms with Gasteiger partial charge in [0.05, 0.1) is 25.3 Å². The lowest BCUT2D eigenvalue weighted by Crippen LogP contribution is -2.31. The highest BCUT2D eigenvalue weighted by atomic mass is 16.5. The van der Waals surface area contributed by atoms with E-state index in [9.17, 15) is 14.7 Å². The van der Waals surface area contributed by atoms with E-state index in [1.807, 2.05) is 37.3 Å². The van der Waals surface area contributed by atoms with Crippen LogP contribution in [0.1, 0.15) is 49.4 Å². The second kappa shape index (κ2) is 9.63. The monoisotopic (exact) mass is 463 g/mol. The van der Waals surface area contributed by atoms with Crippen molar-refractivity contribution in [2.45, 2.75) is 33.2 Å². The van der Waals surface area contributed by atoms with E-state index in [0.717, 1.165) is 0 Å². The first kappa shape index (κ1) is 23.4. The van der Waals surface area contributed by atoms with Gasteiger partial charge < -0.3 is 23.9 Å².